The lowest BCUT2D eigenvalue weighted by atomic mass is 10.1. The van der Waals surface area contributed by atoms with Crippen LogP contribution in [-0.4, -0.2) is 42.4 Å². The van der Waals surface area contributed by atoms with Crippen LogP contribution in [0.4, 0.5) is 0 Å². The Bertz CT molecular complexity index is 490. The summed E-state index contributed by atoms with van der Waals surface area (Å²) in [4.78, 5) is 25.8. The molecule has 0 aromatic heterocycles. The summed E-state index contributed by atoms with van der Waals surface area (Å²) in [6.45, 7) is 3.83. The summed E-state index contributed by atoms with van der Waals surface area (Å²) in [5.41, 5.74) is 6.58. The molecule has 1 heterocycles. The molecule has 2 amide bonds. The summed E-state index contributed by atoms with van der Waals surface area (Å²) < 4.78 is 0. The van der Waals surface area contributed by atoms with Crippen molar-refractivity contribution in [3.8, 4) is 0 Å². The van der Waals surface area contributed by atoms with Gasteiger partial charge in [-0.2, -0.15) is 0 Å². The molecular weight excluding hydrogens is 266 g/mol. The smallest absolute Gasteiger partial charge is 0.240 e. The number of imide groups is 1. The van der Waals surface area contributed by atoms with Crippen LogP contribution in [0.25, 0.3) is 0 Å². The summed E-state index contributed by atoms with van der Waals surface area (Å²) in [5.74, 6) is -0.0401. The number of nitrogens with one attached hydrogen (secondary N) is 1. The first-order valence-electron chi connectivity index (χ1n) is 7.39. The number of likely N-dealkylation sites (tertiary alicyclic amines) is 1. The van der Waals surface area contributed by atoms with Crippen LogP contribution in [0.3, 0.4) is 0 Å². The van der Waals surface area contributed by atoms with Crippen LogP contribution in [0.5, 0.6) is 0 Å². The molecule has 3 N–H and O–H groups in total. The summed E-state index contributed by atoms with van der Waals surface area (Å²) in [6.07, 6.45) is 1.25. The fourth-order valence-electron chi connectivity index (χ4n) is 2.81. The molecule has 114 valence electrons. The van der Waals surface area contributed by atoms with E-state index in [2.05, 4.69) is 17.1 Å². The van der Waals surface area contributed by atoms with Gasteiger partial charge < -0.3 is 5.73 Å². The lowest BCUT2D eigenvalue weighted by Gasteiger charge is -2.19. The first-order chi connectivity index (χ1) is 10.1. The molecule has 1 aromatic carbocycles. The van der Waals surface area contributed by atoms with Gasteiger partial charge in [-0.1, -0.05) is 30.3 Å². The molecule has 2 unspecified atom stereocenters. The maximum absolute atomic E-state index is 11.9. The molecule has 1 aliphatic rings. The van der Waals surface area contributed by atoms with Crippen LogP contribution in [0.1, 0.15) is 18.9 Å². The van der Waals surface area contributed by atoms with Crippen LogP contribution in [0.2, 0.25) is 0 Å². The highest BCUT2D eigenvalue weighted by Crippen LogP contribution is 2.21. The lowest BCUT2D eigenvalue weighted by Crippen LogP contribution is -2.42. The predicted octanol–water partition coefficient (Wildman–Crippen LogP) is 0.541. The number of benzene rings is 1. The largest absolute Gasteiger partial charge is 0.330 e. The molecule has 2 atom stereocenters. The van der Waals surface area contributed by atoms with Crippen molar-refractivity contribution >= 4 is 11.8 Å². The van der Waals surface area contributed by atoms with Crippen LogP contribution in [0, 0.1) is 5.92 Å². The maximum atomic E-state index is 11.9. The van der Waals surface area contributed by atoms with E-state index in [-0.39, 0.29) is 24.8 Å². The van der Waals surface area contributed by atoms with Gasteiger partial charge in [0, 0.05) is 12.6 Å². The molecule has 0 aliphatic carbocycles. The van der Waals surface area contributed by atoms with E-state index in [0.29, 0.717) is 18.5 Å². The zero-order valence-corrected chi connectivity index (χ0v) is 12.4. The minimum atomic E-state index is -0.256. The summed E-state index contributed by atoms with van der Waals surface area (Å²) in [7, 11) is 0. The quantitative estimate of drug-likeness (QED) is 0.829. The van der Waals surface area contributed by atoms with Crippen molar-refractivity contribution in [2.75, 3.05) is 19.6 Å². The number of amides is 2. The van der Waals surface area contributed by atoms with Crippen molar-refractivity contribution in [2.24, 2.45) is 11.7 Å². The van der Waals surface area contributed by atoms with E-state index in [1.165, 1.54) is 0 Å². The fraction of sp³-hybridized carbons (Fsp3) is 0.500. The molecule has 1 fully saturated rings. The highest BCUT2D eigenvalue weighted by molar-refractivity contribution is 5.96. The number of nitrogens with two attached hydrogens (primary N) is 1. The molecule has 5 heteroatoms. The molecule has 0 saturated carbocycles. The lowest BCUT2D eigenvalue weighted by molar-refractivity contribution is -0.130. The van der Waals surface area contributed by atoms with Crippen molar-refractivity contribution in [1.82, 2.24) is 10.2 Å². The first kappa shape index (κ1) is 15.7. The number of rotatable bonds is 5. The Morgan fingerprint density at radius 3 is 2.62 bits per heavy atom. The van der Waals surface area contributed by atoms with Crippen molar-refractivity contribution in [3.05, 3.63) is 35.9 Å². The van der Waals surface area contributed by atoms with Crippen molar-refractivity contribution in [2.45, 2.75) is 25.8 Å². The van der Waals surface area contributed by atoms with Gasteiger partial charge in [0.25, 0.3) is 0 Å². The summed E-state index contributed by atoms with van der Waals surface area (Å²) in [6, 6.07) is 9.74. The number of hydrogen-bond acceptors (Lipinski definition) is 4. The van der Waals surface area contributed by atoms with E-state index < -0.39 is 0 Å². The second-order valence-electron chi connectivity index (χ2n) is 5.75. The zero-order valence-electron chi connectivity index (χ0n) is 12.4. The molecule has 1 saturated heterocycles. The molecule has 5 nitrogen and oxygen atoms in total. The van der Waals surface area contributed by atoms with Crippen LogP contribution in [-0.2, 0) is 16.0 Å². The molecule has 0 spiro atoms. The molecule has 0 bridgehead atoms. The third-order valence-corrected chi connectivity index (χ3v) is 3.96. The van der Waals surface area contributed by atoms with Gasteiger partial charge in [-0.3, -0.25) is 19.8 Å². The monoisotopic (exact) mass is 289 g/mol. The van der Waals surface area contributed by atoms with Crippen LogP contribution in [0.15, 0.2) is 30.3 Å². The van der Waals surface area contributed by atoms with Crippen molar-refractivity contribution < 1.29 is 9.59 Å². The van der Waals surface area contributed by atoms with Gasteiger partial charge in [-0.05, 0) is 31.4 Å². The molecule has 21 heavy (non-hydrogen) atoms. The first-order valence-corrected chi connectivity index (χ1v) is 7.39. The van der Waals surface area contributed by atoms with E-state index in [0.717, 1.165) is 18.5 Å². The SMILES string of the molecule is CC1CC(CN)CN1CC(=O)NC(=O)Cc1ccccc1. The Balaban J connectivity index is 1.78. The number of carbonyl (C=O) groups excluding carboxylic acids is 2. The summed E-state index contributed by atoms with van der Waals surface area (Å²) >= 11 is 0. The Kier molecular flexibility index (Phi) is 5.47. The summed E-state index contributed by atoms with van der Waals surface area (Å²) in [5, 5.41) is 2.46. The molecular formula is C16H23N3O2. The second-order valence-corrected chi connectivity index (χ2v) is 5.75. The Morgan fingerprint density at radius 1 is 1.29 bits per heavy atom. The van der Waals surface area contributed by atoms with Crippen LogP contribution < -0.4 is 11.1 Å². The van der Waals surface area contributed by atoms with Gasteiger partial charge in [-0.25, -0.2) is 0 Å². The topological polar surface area (TPSA) is 75.4 Å². The predicted molar refractivity (Wildman–Crippen MR) is 81.5 cm³/mol. The van der Waals surface area contributed by atoms with E-state index in [9.17, 15) is 9.59 Å². The van der Waals surface area contributed by atoms with Crippen LogP contribution >= 0.6 is 0 Å². The standard InChI is InChI=1S/C16H23N3O2/c1-12-7-14(9-17)10-19(12)11-16(21)18-15(20)8-13-5-3-2-4-6-13/h2-6,12,14H,7-11,17H2,1H3,(H,18,20,21). The molecule has 1 aliphatic heterocycles. The van der Waals surface area contributed by atoms with Gasteiger partial charge in [-0.15, -0.1) is 0 Å². The second kappa shape index (κ2) is 7.33. The average Bonchev–Trinajstić information content (AvgIpc) is 2.80. The highest BCUT2D eigenvalue weighted by Gasteiger charge is 2.29. The van der Waals surface area contributed by atoms with Gasteiger partial charge in [0.05, 0.1) is 13.0 Å². The molecule has 1 aromatic rings. The molecule has 2 rings (SSSR count). The third-order valence-electron chi connectivity index (χ3n) is 3.96. The van der Waals surface area contributed by atoms with Crippen molar-refractivity contribution in [3.63, 3.8) is 0 Å². The minimum absolute atomic E-state index is 0.230. The van der Waals surface area contributed by atoms with E-state index in [1.807, 2.05) is 30.3 Å². The van der Waals surface area contributed by atoms with Crippen molar-refractivity contribution in [1.29, 1.82) is 0 Å². The zero-order chi connectivity index (χ0) is 15.2. The molecule has 0 radical (unpaired) electrons. The van der Waals surface area contributed by atoms with Gasteiger partial charge >= 0.3 is 0 Å². The number of hydrogen-bond donors (Lipinski definition) is 2. The Hall–Kier alpha value is -1.72. The van der Waals surface area contributed by atoms with E-state index in [1.54, 1.807) is 0 Å². The maximum Gasteiger partial charge on any atom is 0.240 e. The fourth-order valence-corrected chi connectivity index (χ4v) is 2.81. The van der Waals surface area contributed by atoms with Gasteiger partial charge in [0.15, 0.2) is 0 Å². The van der Waals surface area contributed by atoms with E-state index in [4.69, 9.17) is 5.73 Å². The number of nitrogens with zero attached hydrogens (tertiary/aromatic N) is 1. The normalized spacial score (nSPS) is 22.2. The number of carbonyl (C=O) groups is 2. The minimum Gasteiger partial charge on any atom is -0.330 e. The Labute approximate surface area is 125 Å². The van der Waals surface area contributed by atoms with E-state index >= 15 is 0 Å². The van der Waals surface area contributed by atoms with Gasteiger partial charge in [0.1, 0.15) is 0 Å². The van der Waals surface area contributed by atoms with Gasteiger partial charge in [0.2, 0.25) is 11.8 Å². The third kappa shape index (κ3) is 4.65. The Morgan fingerprint density at radius 2 is 2.00 bits per heavy atom. The average molecular weight is 289 g/mol. The highest BCUT2D eigenvalue weighted by atomic mass is 16.2.